The lowest BCUT2D eigenvalue weighted by Gasteiger charge is -2.06. The van der Waals surface area contributed by atoms with Crippen LogP contribution in [0.4, 0.5) is 5.69 Å². The largest absolute Gasteiger partial charge is 0.380 e. The van der Waals surface area contributed by atoms with E-state index in [1.54, 1.807) is 34.6 Å². The molecule has 2 heterocycles. The van der Waals surface area contributed by atoms with Crippen molar-refractivity contribution < 1.29 is 0 Å². The summed E-state index contributed by atoms with van der Waals surface area (Å²) in [5.74, 6) is 0. The van der Waals surface area contributed by atoms with E-state index in [0.717, 1.165) is 16.9 Å². The molecule has 0 aliphatic rings. The maximum Gasteiger partial charge on any atom is 0.250 e. The summed E-state index contributed by atoms with van der Waals surface area (Å²) in [4.78, 5) is 11.2. The van der Waals surface area contributed by atoms with Crippen LogP contribution >= 0.6 is 0 Å². The van der Waals surface area contributed by atoms with Crippen LogP contribution in [-0.4, -0.2) is 14.3 Å². The highest BCUT2D eigenvalue weighted by atomic mass is 16.1. The number of aryl methyl sites for hydroxylation is 3. The Labute approximate surface area is 99.7 Å². The van der Waals surface area contributed by atoms with Crippen molar-refractivity contribution in [1.29, 1.82) is 0 Å². The Kier molecular flexibility index (Phi) is 2.99. The molecule has 0 aliphatic carbocycles. The first-order valence-corrected chi connectivity index (χ1v) is 5.46. The highest BCUT2D eigenvalue weighted by molar-refractivity contribution is 5.41. The van der Waals surface area contributed by atoms with Gasteiger partial charge in [0, 0.05) is 44.7 Å². The van der Waals surface area contributed by atoms with Gasteiger partial charge in [-0.15, -0.1) is 0 Å². The van der Waals surface area contributed by atoms with Crippen molar-refractivity contribution >= 4 is 5.69 Å². The van der Waals surface area contributed by atoms with Gasteiger partial charge < -0.3 is 9.88 Å². The first kappa shape index (κ1) is 11.4. The zero-order chi connectivity index (χ0) is 12.4. The Balaban J connectivity index is 2.09. The molecule has 0 atom stereocenters. The lowest BCUT2D eigenvalue weighted by molar-refractivity contribution is 0.756. The molecule has 1 N–H and O–H groups in total. The molecule has 17 heavy (non-hydrogen) atoms. The van der Waals surface area contributed by atoms with Crippen molar-refractivity contribution in [3.63, 3.8) is 0 Å². The number of pyridine rings is 1. The van der Waals surface area contributed by atoms with Gasteiger partial charge in [0.25, 0.3) is 0 Å². The van der Waals surface area contributed by atoms with Crippen LogP contribution in [0.25, 0.3) is 0 Å². The van der Waals surface area contributed by atoms with Crippen LogP contribution in [0.3, 0.4) is 0 Å². The van der Waals surface area contributed by atoms with E-state index < -0.39 is 0 Å². The third-order valence-corrected chi connectivity index (χ3v) is 2.68. The Morgan fingerprint density at radius 1 is 1.29 bits per heavy atom. The molecule has 2 aromatic rings. The van der Waals surface area contributed by atoms with E-state index >= 15 is 0 Å². The van der Waals surface area contributed by atoms with E-state index in [9.17, 15) is 4.79 Å². The highest BCUT2D eigenvalue weighted by Gasteiger charge is 2.02. The minimum atomic E-state index is -0.00638. The number of anilines is 1. The molecule has 0 fully saturated rings. The lowest BCUT2D eigenvalue weighted by Crippen LogP contribution is -2.15. The van der Waals surface area contributed by atoms with Crippen molar-refractivity contribution in [1.82, 2.24) is 14.3 Å². The number of aromatic nitrogens is 3. The smallest absolute Gasteiger partial charge is 0.250 e. The van der Waals surface area contributed by atoms with Gasteiger partial charge >= 0.3 is 0 Å². The van der Waals surface area contributed by atoms with Gasteiger partial charge in [-0.1, -0.05) is 0 Å². The fraction of sp³-hybridized carbons (Fsp3) is 0.333. The summed E-state index contributed by atoms with van der Waals surface area (Å²) in [7, 11) is 3.64. The monoisotopic (exact) mass is 232 g/mol. The summed E-state index contributed by atoms with van der Waals surface area (Å²) in [6.45, 7) is 2.69. The normalized spacial score (nSPS) is 10.5. The van der Waals surface area contributed by atoms with Gasteiger partial charge in [0.15, 0.2) is 0 Å². The van der Waals surface area contributed by atoms with E-state index in [1.165, 1.54) is 0 Å². The van der Waals surface area contributed by atoms with Crippen LogP contribution in [0, 0.1) is 6.92 Å². The summed E-state index contributed by atoms with van der Waals surface area (Å²) in [6, 6.07) is 3.34. The molecular formula is C12H16N4O. The summed E-state index contributed by atoms with van der Waals surface area (Å²) in [5, 5.41) is 7.55. The first-order valence-electron chi connectivity index (χ1n) is 5.46. The molecule has 2 aromatic heterocycles. The number of hydrogen-bond acceptors (Lipinski definition) is 3. The summed E-state index contributed by atoms with van der Waals surface area (Å²) < 4.78 is 3.35. The van der Waals surface area contributed by atoms with Gasteiger partial charge in [0.1, 0.15) is 0 Å². The van der Waals surface area contributed by atoms with Gasteiger partial charge in [-0.2, -0.15) is 5.10 Å². The van der Waals surface area contributed by atoms with Crippen LogP contribution in [0.5, 0.6) is 0 Å². The van der Waals surface area contributed by atoms with Crippen molar-refractivity contribution in [2.75, 3.05) is 5.32 Å². The van der Waals surface area contributed by atoms with Crippen molar-refractivity contribution in [3.8, 4) is 0 Å². The molecular weight excluding hydrogens is 216 g/mol. The molecule has 5 heteroatoms. The first-order chi connectivity index (χ1) is 8.06. The predicted octanol–water partition coefficient (Wildman–Crippen LogP) is 1.04. The molecule has 0 saturated carbocycles. The molecule has 0 spiro atoms. The van der Waals surface area contributed by atoms with Crippen LogP contribution in [0.2, 0.25) is 0 Å². The Morgan fingerprint density at radius 2 is 2.06 bits per heavy atom. The van der Waals surface area contributed by atoms with Gasteiger partial charge in [-0.25, -0.2) is 0 Å². The van der Waals surface area contributed by atoms with Crippen molar-refractivity contribution in [2.45, 2.75) is 13.5 Å². The average molecular weight is 232 g/mol. The second kappa shape index (κ2) is 4.45. The predicted molar refractivity (Wildman–Crippen MR) is 67.0 cm³/mol. The molecule has 0 bridgehead atoms. The minimum absolute atomic E-state index is 0.00638. The molecule has 5 nitrogen and oxygen atoms in total. The summed E-state index contributed by atoms with van der Waals surface area (Å²) >= 11 is 0. The fourth-order valence-corrected chi connectivity index (χ4v) is 1.72. The molecule has 0 aliphatic heterocycles. The van der Waals surface area contributed by atoms with Crippen LogP contribution in [-0.2, 0) is 20.6 Å². The average Bonchev–Trinajstić information content (AvgIpc) is 2.59. The zero-order valence-corrected chi connectivity index (χ0v) is 10.3. The van der Waals surface area contributed by atoms with Crippen LogP contribution < -0.4 is 10.9 Å². The van der Waals surface area contributed by atoms with Crippen molar-refractivity contribution in [3.05, 3.63) is 46.1 Å². The Bertz CT molecular complexity index is 582. The topological polar surface area (TPSA) is 51.9 Å². The molecule has 0 aromatic carbocycles. The molecule has 0 saturated heterocycles. The summed E-state index contributed by atoms with van der Waals surface area (Å²) in [5.41, 5.74) is 3.09. The number of rotatable bonds is 3. The SMILES string of the molecule is Cc1nn(C)cc1CNc1ccc(=O)n(C)c1. The maximum absolute atomic E-state index is 11.2. The van der Waals surface area contributed by atoms with Crippen LogP contribution in [0.15, 0.2) is 29.3 Å². The second-order valence-corrected chi connectivity index (χ2v) is 4.13. The number of nitrogens with zero attached hydrogens (tertiary/aromatic N) is 3. The second-order valence-electron chi connectivity index (χ2n) is 4.13. The molecule has 0 radical (unpaired) electrons. The van der Waals surface area contributed by atoms with Gasteiger partial charge in [-0.3, -0.25) is 9.48 Å². The highest BCUT2D eigenvalue weighted by Crippen LogP contribution is 2.09. The van der Waals surface area contributed by atoms with Gasteiger partial charge in [-0.05, 0) is 13.0 Å². The Morgan fingerprint density at radius 3 is 2.65 bits per heavy atom. The third-order valence-electron chi connectivity index (χ3n) is 2.68. The van der Waals surface area contributed by atoms with E-state index in [2.05, 4.69) is 10.4 Å². The third kappa shape index (κ3) is 2.55. The van der Waals surface area contributed by atoms with E-state index in [-0.39, 0.29) is 5.56 Å². The maximum atomic E-state index is 11.2. The molecule has 90 valence electrons. The number of hydrogen-bond donors (Lipinski definition) is 1. The van der Waals surface area contributed by atoms with Gasteiger partial charge in [0.2, 0.25) is 5.56 Å². The quantitative estimate of drug-likeness (QED) is 0.860. The standard InChI is InChI=1S/C12H16N4O/c1-9-10(7-16(3)14-9)6-13-11-4-5-12(17)15(2)8-11/h4-5,7-8,13H,6H2,1-3H3. The minimum Gasteiger partial charge on any atom is -0.380 e. The van der Waals surface area contributed by atoms with E-state index in [0.29, 0.717) is 6.54 Å². The lowest BCUT2D eigenvalue weighted by atomic mass is 10.2. The fourth-order valence-electron chi connectivity index (χ4n) is 1.72. The van der Waals surface area contributed by atoms with E-state index in [1.807, 2.05) is 20.2 Å². The zero-order valence-electron chi connectivity index (χ0n) is 10.3. The van der Waals surface area contributed by atoms with Crippen molar-refractivity contribution in [2.24, 2.45) is 14.1 Å². The molecule has 0 amide bonds. The Hall–Kier alpha value is -2.04. The van der Waals surface area contributed by atoms with E-state index in [4.69, 9.17) is 0 Å². The van der Waals surface area contributed by atoms with Crippen LogP contribution in [0.1, 0.15) is 11.3 Å². The summed E-state index contributed by atoms with van der Waals surface area (Å²) in [6.07, 6.45) is 3.78. The molecule has 0 unspecified atom stereocenters. The number of nitrogens with one attached hydrogen (secondary N) is 1. The van der Waals surface area contributed by atoms with Gasteiger partial charge in [0.05, 0.1) is 11.4 Å². The molecule has 2 rings (SSSR count).